The van der Waals surface area contributed by atoms with Gasteiger partial charge in [0.1, 0.15) is 0 Å². The summed E-state index contributed by atoms with van der Waals surface area (Å²) in [5.41, 5.74) is 1.77. The molecular weight excluding hydrogens is 262 g/mol. The highest BCUT2D eigenvalue weighted by atomic mass is 32.2. The van der Waals surface area contributed by atoms with Gasteiger partial charge in [0.2, 0.25) is 0 Å². The molecular formula is C13H21N3O2S. The maximum absolute atomic E-state index is 12.4. The van der Waals surface area contributed by atoms with Crippen LogP contribution in [0.3, 0.4) is 0 Å². The molecule has 0 saturated carbocycles. The van der Waals surface area contributed by atoms with Crippen LogP contribution in [0.5, 0.6) is 0 Å². The van der Waals surface area contributed by atoms with Crippen LogP contribution in [0.4, 0.5) is 5.69 Å². The first kappa shape index (κ1) is 14.3. The molecule has 0 aliphatic carbocycles. The van der Waals surface area contributed by atoms with Crippen LogP contribution < -0.4 is 14.3 Å². The van der Waals surface area contributed by atoms with Gasteiger partial charge in [0.15, 0.2) is 0 Å². The smallest absolute Gasteiger partial charge is 0.301 e. The molecule has 5 nitrogen and oxygen atoms in total. The summed E-state index contributed by atoms with van der Waals surface area (Å²) in [5, 5.41) is 3.32. The van der Waals surface area contributed by atoms with Crippen molar-refractivity contribution < 1.29 is 8.42 Å². The molecule has 0 bridgehead atoms. The molecule has 1 atom stereocenters. The molecule has 2 rings (SSSR count). The van der Waals surface area contributed by atoms with Crippen molar-refractivity contribution in [1.82, 2.24) is 10.0 Å². The highest BCUT2D eigenvalue weighted by Crippen LogP contribution is 2.25. The molecule has 106 valence electrons. The molecule has 19 heavy (non-hydrogen) atoms. The van der Waals surface area contributed by atoms with Crippen LogP contribution in [-0.4, -0.2) is 27.5 Å². The molecule has 0 aromatic heterocycles. The summed E-state index contributed by atoms with van der Waals surface area (Å²) in [5.74, 6) is 0. The molecule has 0 spiro atoms. The van der Waals surface area contributed by atoms with Gasteiger partial charge in [-0.1, -0.05) is 25.1 Å². The van der Waals surface area contributed by atoms with Gasteiger partial charge in [-0.3, -0.25) is 4.31 Å². The van der Waals surface area contributed by atoms with Crippen LogP contribution in [0.2, 0.25) is 0 Å². The third-order valence-electron chi connectivity index (χ3n) is 3.17. The van der Waals surface area contributed by atoms with Crippen LogP contribution in [-0.2, 0) is 16.8 Å². The zero-order valence-electron chi connectivity index (χ0n) is 11.4. The average Bonchev–Trinajstić information content (AvgIpc) is 2.57. The Balaban J connectivity index is 2.37. The second-order valence-corrected chi connectivity index (χ2v) is 6.52. The van der Waals surface area contributed by atoms with Gasteiger partial charge in [0.25, 0.3) is 0 Å². The van der Waals surface area contributed by atoms with Crippen molar-refractivity contribution in [3.63, 3.8) is 0 Å². The third-order valence-corrected chi connectivity index (χ3v) is 4.66. The molecule has 1 aromatic rings. The first-order valence-electron chi connectivity index (χ1n) is 6.63. The van der Waals surface area contributed by atoms with E-state index in [1.807, 2.05) is 38.1 Å². The van der Waals surface area contributed by atoms with E-state index in [4.69, 9.17) is 0 Å². The van der Waals surface area contributed by atoms with Gasteiger partial charge in [0.05, 0.1) is 12.2 Å². The molecule has 1 aromatic carbocycles. The number of rotatable bonds is 4. The predicted octanol–water partition coefficient (Wildman–Crippen LogP) is 1.23. The second kappa shape index (κ2) is 5.90. The fourth-order valence-electron chi connectivity index (χ4n) is 2.14. The number of benzene rings is 1. The summed E-state index contributed by atoms with van der Waals surface area (Å²) in [7, 11) is -3.47. The highest BCUT2D eigenvalue weighted by molar-refractivity contribution is 7.90. The van der Waals surface area contributed by atoms with Crippen molar-refractivity contribution in [2.75, 3.05) is 17.4 Å². The molecule has 2 N–H and O–H groups in total. The zero-order chi connectivity index (χ0) is 13.9. The lowest BCUT2D eigenvalue weighted by Gasteiger charge is -2.25. The van der Waals surface area contributed by atoms with E-state index in [-0.39, 0.29) is 6.04 Å². The van der Waals surface area contributed by atoms with Crippen molar-refractivity contribution in [2.45, 2.75) is 32.9 Å². The highest BCUT2D eigenvalue weighted by Gasteiger charge is 2.27. The normalized spacial score (nSPS) is 19.9. The van der Waals surface area contributed by atoms with Crippen LogP contribution in [0, 0.1) is 0 Å². The van der Waals surface area contributed by atoms with E-state index in [0.717, 1.165) is 17.7 Å². The van der Waals surface area contributed by atoms with Crippen molar-refractivity contribution in [1.29, 1.82) is 0 Å². The minimum Gasteiger partial charge on any atom is -0.308 e. The van der Waals surface area contributed by atoms with E-state index in [1.54, 1.807) is 0 Å². The van der Waals surface area contributed by atoms with E-state index < -0.39 is 10.2 Å². The van der Waals surface area contributed by atoms with Gasteiger partial charge in [0, 0.05) is 19.1 Å². The molecule has 0 radical (unpaired) electrons. The summed E-state index contributed by atoms with van der Waals surface area (Å²) in [6, 6.07) is 7.74. The Morgan fingerprint density at radius 1 is 1.42 bits per heavy atom. The van der Waals surface area contributed by atoms with Crippen LogP contribution in [0.1, 0.15) is 25.8 Å². The predicted molar refractivity (Wildman–Crippen MR) is 77.3 cm³/mol. The topological polar surface area (TPSA) is 61.4 Å². The molecule has 0 amide bonds. The largest absolute Gasteiger partial charge is 0.308 e. The molecule has 1 aliphatic rings. The van der Waals surface area contributed by atoms with Crippen molar-refractivity contribution in [3.8, 4) is 0 Å². The Morgan fingerprint density at radius 2 is 2.16 bits per heavy atom. The van der Waals surface area contributed by atoms with E-state index >= 15 is 0 Å². The first-order valence-corrected chi connectivity index (χ1v) is 8.07. The minimum absolute atomic E-state index is 0.116. The van der Waals surface area contributed by atoms with Crippen LogP contribution in [0.25, 0.3) is 0 Å². The molecule has 1 heterocycles. The Morgan fingerprint density at radius 3 is 2.89 bits per heavy atom. The number of hydrogen-bond acceptors (Lipinski definition) is 3. The summed E-state index contributed by atoms with van der Waals surface area (Å²) in [6.45, 7) is 5.54. The van der Waals surface area contributed by atoms with Gasteiger partial charge >= 0.3 is 10.2 Å². The Hall–Kier alpha value is -1.11. The number of anilines is 1. The number of hydrogen-bond donors (Lipinski definition) is 2. The summed E-state index contributed by atoms with van der Waals surface area (Å²) < 4.78 is 28.9. The maximum atomic E-state index is 12.4. The van der Waals surface area contributed by atoms with E-state index in [0.29, 0.717) is 19.6 Å². The van der Waals surface area contributed by atoms with E-state index in [1.165, 1.54) is 4.31 Å². The molecule has 0 fully saturated rings. The van der Waals surface area contributed by atoms with E-state index in [9.17, 15) is 8.42 Å². The number of nitrogens with one attached hydrogen (secondary N) is 2. The van der Waals surface area contributed by atoms with Crippen molar-refractivity contribution in [3.05, 3.63) is 29.8 Å². The Labute approximate surface area is 115 Å². The first-order chi connectivity index (χ1) is 9.04. The summed E-state index contributed by atoms with van der Waals surface area (Å²) in [6.07, 6.45) is 0.780. The maximum Gasteiger partial charge on any atom is 0.301 e. The molecule has 1 unspecified atom stereocenters. The van der Waals surface area contributed by atoms with Gasteiger partial charge in [-0.2, -0.15) is 13.1 Å². The zero-order valence-corrected chi connectivity index (χ0v) is 12.2. The monoisotopic (exact) mass is 283 g/mol. The Kier molecular flexibility index (Phi) is 4.44. The minimum atomic E-state index is -3.47. The van der Waals surface area contributed by atoms with Crippen LogP contribution in [0.15, 0.2) is 24.3 Å². The SMILES string of the molecule is CCCNS(=O)(=O)N1CC(C)NCc2ccccc21. The lowest BCUT2D eigenvalue weighted by atomic mass is 10.2. The average molecular weight is 283 g/mol. The summed E-state index contributed by atoms with van der Waals surface area (Å²) in [4.78, 5) is 0. The van der Waals surface area contributed by atoms with Gasteiger partial charge in [-0.05, 0) is 25.0 Å². The Bertz CT molecular complexity index is 530. The van der Waals surface area contributed by atoms with Gasteiger partial charge in [-0.15, -0.1) is 0 Å². The standard InChI is InChI=1S/C13H21N3O2S/c1-3-8-15-19(17,18)16-10-11(2)14-9-12-6-4-5-7-13(12)16/h4-7,11,14-15H,3,8-10H2,1-2H3. The van der Waals surface area contributed by atoms with Crippen LogP contribution >= 0.6 is 0 Å². The number of para-hydroxylation sites is 1. The second-order valence-electron chi connectivity index (χ2n) is 4.84. The van der Waals surface area contributed by atoms with Gasteiger partial charge in [-0.25, -0.2) is 0 Å². The van der Waals surface area contributed by atoms with Crippen molar-refractivity contribution >= 4 is 15.9 Å². The molecule has 1 aliphatic heterocycles. The quantitative estimate of drug-likeness (QED) is 0.873. The van der Waals surface area contributed by atoms with Crippen molar-refractivity contribution in [2.24, 2.45) is 0 Å². The number of nitrogens with zero attached hydrogens (tertiary/aromatic N) is 1. The summed E-state index contributed by atoms with van der Waals surface area (Å²) >= 11 is 0. The third kappa shape index (κ3) is 3.26. The lowest BCUT2D eigenvalue weighted by Crippen LogP contribution is -2.45. The fourth-order valence-corrected chi connectivity index (χ4v) is 3.61. The van der Waals surface area contributed by atoms with E-state index in [2.05, 4.69) is 10.0 Å². The fraction of sp³-hybridized carbons (Fsp3) is 0.538. The molecule has 0 saturated heterocycles. The number of fused-ring (bicyclic) bond motifs is 1. The van der Waals surface area contributed by atoms with Gasteiger partial charge < -0.3 is 5.32 Å². The lowest BCUT2D eigenvalue weighted by molar-refractivity contribution is 0.549. The molecule has 6 heteroatoms.